The van der Waals surface area contributed by atoms with Crippen LogP contribution < -0.4 is 10.6 Å². The summed E-state index contributed by atoms with van der Waals surface area (Å²) in [5, 5.41) is 17.3. The number of nitrogens with one attached hydrogen (secondary N) is 2. The molecule has 0 saturated carbocycles. The lowest BCUT2D eigenvalue weighted by Crippen LogP contribution is -2.44. The molecule has 3 rings (SSSR count). The standard InChI is InChI=1S/C21H29N5O2.HI/c1-6-22-20(24-13-21(5,27)18-10-15(3)28-16(18)4)23-11-17-12-26-14(2)8-7-9-19(26)25-17;/h7-10,12,27H,6,11,13H2,1-5H3,(H2,22,23,24);1H. The highest BCUT2D eigenvalue weighted by Crippen LogP contribution is 2.26. The predicted molar refractivity (Wildman–Crippen MR) is 126 cm³/mol. The summed E-state index contributed by atoms with van der Waals surface area (Å²) in [7, 11) is 0. The van der Waals surface area contributed by atoms with E-state index in [2.05, 4.69) is 38.0 Å². The van der Waals surface area contributed by atoms with Crippen molar-refractivity contribution >= 4 is 35.6 Å². The second-order valence-electron chi connectivity index (χ2n) is 7.28. The van der Waals surface area contributed by atoms with E-state index in [1.807, 2.05) is 45.2 Å². The Morgan fingerprint density at radius 3 is 2.66 bits per heavy atom. The van der Waals surface area contributed by atoms with Crippen molar-refractivity contribution in [3.05, 3.63) is 58.9 Å². The topological polar surface area (TPSA) is 87.1 Å². The van der Waals surface area contributed by atoms with Gasteiger partial charge in [0, 0.05) is 24.0 Å². The molecular weight excluding hydrogens is 481 g/mol. The number of imidazole rings is 1. The molecule has 0 radical (unpaired) electrons. The van der Waals surface area contributed by atoms with Crippen molar-refractivity contribution in [3.63, 3.8) is 0 Å². The highest BCUT2D eigenvalue weighted by atomic mass is 127. The lowest BCUT2D eigenvalue weighted by Gasteiger charge is -2.24. The number of aromatic nitrogens is 2. The van der Waals surface area contributed by atoms with Crippen molar-refractivity contribution < 1.29 is 9.52 Å². The number of halogens is 1. The van der Waals surface area contributed by atoms with Gasteiger partial charge in [0.2, 0.25) is 0 Å². The number of nitrogens with zero attached hydrogens (tertiary/aromatic N) is 3. The van der Waals surface area contributed by atoms with E-state index in [0.29, 0.717) is 19.0 Å². The van der Waals surface area contributed by atoms with Gasteiger partial charge < -0.3 is 24.6 Å². The van der Waals surface area contributed by atoms with Crippen LogP contribution in [0.25, 0.3) is 5.65 Å². The molecule has 0 fully saturated rings. The van der Waals surface area contributed by atoms with E-state index >= 15 is 0 Å². The van der Waals surface area contributed by atoms with Crippen LogP contribution in [-0.2, 0) is 12.1 Å². The van der Waals surface area contributed by atoms with Gasteiger partial charge in [0.15, 0.2) is 5.96 Å². The first-order chi connectivity index (χ1) is 13.3. The van der Waals surface area contributed by atoms with Gasteiger partial charge in [-0.25, -0.2) is 9.98 Å². The zero-order valence-electron chi connectivity index (χ0n) is 17.6. The number of aliphatic hydroxyl groups is 1. The average Bonchev–Trinajstić information content (AvgIpc) is 3.21. The maximum Gasteiger partial charge on any atom is 0.191 e. The Morgan fingerprint density at radius 1 is 1.28 bits per heavy atom. The number of fused-ring (bicyclic) bond motifs is 1. The first-order valence-electron chi connectivity index (χ1n) is 9.56. The van der Waals surface area contributed by atoms with Crippen LogP contribution in [0.15, 0.2) is 39.9 Å². The number of pyridine rings is 1. The van der Waals surface area contributed by atoms with Gasteiger partial charge >= 0.3 is 0 Å². The molecule has 158 valence electrons. The van der Waals surface area contributed by atoms with E-state index in [4.69, 9.17) is 4.42 Å². The molecule has 0 saturated heterocycles. The fraction of sp³-hybridized carbons (Fsp3) is 0.429. The van der Waals surface area contributed by atoms with Gasteiger partial charge in [0.25, 0.3) is 0 Å². The minimum Gasteiger partial charge on any atom is -0.466 e. The third-order valence-electron chi connectivity index (χ3n) is 4.71. The fourth-order valence-corrected chi connectivity index (χ4v) is 3.29. The van der Waals surface area contributed by atoms with E-state index in [1.54, 1.807) is 6.92 Å². The van der Waals surface area contributed by atoms with E-state index in [-0.39, 0.29) is 24.0 Å². The number of aliphatic imine (C=N–C) groups is 1. The summed E-state index contributed by atoms with van der Waals surface area (Å²) in [5.41, 5.74) is 2.64. The number of furan rings is 1. The Bertz CT molecular complexity index is 990. The van der Waals surface area contributed by atoms with Gasteiger partial charge in [-0.1, -0.05) is 6.07 Å². The lowest BCUT2D eigenvalue weighted by atomic mass is 9.96. The molecule has 7 nitrogen and oxygen atoms in total. The molecule has 8 heteroatoms. The second kappa shape index (κ2) is 9.62. The molecule has 0 aliphatic rings. The molecule has 29 heavy (non-hydrogen) atoms. The molecule has 0 aromatic carbocycles. The summed E-state index contributed by atoms with van der Waals surface area (Å²) in [5.74, 6) is 2.15. The van der Waals surface area contributed by atoms with Crippen molar-refractivity contribution in [3.8, 4) is 0 Å². The van der Waals surface area contributed by atoms with Gasteiger partial charge in [0.05, 0.1) is 18.8 Å². The Hall–Kier alpha value is -2.07. The minimum absolute atomic E-state index is 0. The number of hydrogen-bond donors (Lipinski definition) is 3. The molecule has 3 aromatic rings. The first-order valence-corrected chi connectivity index (χ1v) is 9.56. The van der Waals surface area contributed by atoms with E-state index < -0.39 is 5.60 Å². The Labute approximate surface area is 188 Å². The van der Waals surface area contributed by atoms with Crippen LogP contribution in [0.4, 0.5) is 0 Å². The summed E-state index contributed by atoms with van der Waals surface area (Å²) in [6.07, 6.45) is 2.01. The van der Waals surface area contributed by atoms with Crippen LogP contribution in [0.3, 0.4) is 0 Å². The highest BCUT2D eigenvalue weighted by Gasteiger charge is 2.27. The van der Waals surface area contributed by atoms with Crippen molar-refractivity contribution in [1.29, 1.82) is 0 Å². The number of hydrogen-bond acceptors (Lipinski definition) is 4. The third kappa shape index (κ3) is 5.51. The van der Waals surface area contributed by atoms with Gasteiger partial charge in [-0.3, -0.25) is 0 Å². The Morgan fingerprint density at radius 2 is 2.03 bits per heavy atom. The smallest absolute Gasteiger partial charge is 0.191 e. The molecule has 0 aliphatic carbocycles. The number of rotatable bonds is 6. The SMILES string of the molecule is CCNC(=NCc1cn2c(C)cccc2n1)NCC(C)(O)c1cc(C)oc1C.I. The fourth-order valence-electron chi connectivity index (χ4n) is 3.29. The van der Waals surface area contributed by atoms with Crippen molar-refractivity contribution in [2.75, 3.05) is 13.1 Å². The molecule has 3 N–H and O–H groups in total. The molecule has 0 bridgehead atoms. The monoisotopic (exact) mass is 511 g/mol. The molecular formula is C21H30IN5O2. The summed E-state index contributed by atoms with van der Waals surface area (Å²) in [4.78, 5) is 9.23. The molecule has 0 spiro atoms. The maximum absolute atomic E-state index is 10.9. The molecule has 1 atom stereocenters. The Balaban J connectivity index is 0.00000300. The largest absolute Gasteiger partial charge is 0.466 e. The number of guanidine groups is 1. The van der Waals surface area contributed by atoms with Crippen LogP contribution in [-0.4, -0.2) is 33.5 Å². The summed E-state index contributed by atoms with van der Waals surface area (Å²) < 4.78 is 7.61. The summed E-state index contributed by atoms with van der Waals surface area (Å²) in [6.45, 7) is 11.0. The van der Waals surface area contributed by atoms with Crippen LogP contribution in [0.5, 0.6) is 0 Å². The summed E-state index contributed by atoms with van der Waals surface area (Å²) >= 11 is 0. The molecule has 3 aromatic heterocycles. The average molecular weight is 511 g/mol. The quantitative estimate of drug-likeness (QED) is 0.268. The van der Waals surface area contributed by atoms with Crippen molar-refractivity contribution in [1.82, 2.24) is 20.0 Å². The maximum atomic E-state index is 10.9. The molecule has 3 heterocycles. The van der Waals surface area contributed by atoms with Crippen LogP contribution in [0.2, 0.25) is 0 Å². The summed E-state index contributed by atoms with van der Waals surface area (Å²) in [6, 6.07) is 7.91. The predicted octanol–water partition coefficient (Wildman–Crippen LogP) is 3.43. The normalized spacial score (nSPS) is 13.8. The van der Waals surface area contributed by atoms with Gasteiger partial charge in [-0.15, -0.1) is 24.0 Å². The van der Waals surface area contributed by atoms with Gasteiger partial charge in [0.1, 0.15) is 22.8 Å². The van der Waals surface area contributed by atoms with E-state index in [1.165, 1.54) is 0 Å². The van der Waals surface area contributed by atoms with E-state index in [0.717, 1.165) is 40.7 Å². The van der Waals surface area contributed by atoms with Crippen LogP contribution in [0, 0.1) is 20.8 Å². The third-order valence-corrected chi connectivity index (χ3v) is 4.71. The molecule has 1 unspecified atom stereocenters. The highest BCUT2D eigenvalue weighted by molar-refractivity contribution is 14.0. The van der Waals surface area contributed by atoms with E-state index in [9.17, 15) is 5.11 Å². The lowest BCUT2D eigenvalue weighted by molar-refractivity contribution is 0.0601. The van der Waals surface area contributed by atoms with Crippen LogP contribution in [0.1, 0.15) is 42.3 Å². The molecule has 0 aliphatic heterocycles. The van der Waals surface area contributed by atoms with Gasteiger partial charge in [-0.05, 0) is 52.8 Å². The van der Waals surface area contributed by atoms with Gasteiger partial charge in [-0.2, -0.15) is 0 Å². The first kappa shape index (κ1) is 23.2. The van der Waals surface area contributed by atoms with Crippen molar-refractivity contribution in [2.45, 2.75) is 46.8 Å². The Kier molecular flexibility index (Phi) is 7.70. The zero-order chi connectivity index (χ0) is 20.3. The zero-order valence-corrected chi connectivity index (χ0v) is 19.9. The minimum atomic E-state index is -1.07. The number of aryl methyl sites for hydroxylation is 3. The van der Waals surface area contributed by atoms with Crippen LogP contribution >= 0.6 is 24.0 Å². The second-order valence-corrected chi connectivity index (χ2v) is 7.28. The van der Waals surface area contributed by atoms with Crippen molar-refractivity contribution in [2.24, 2.45) is 4.99 Å². The molecule has 0 amide bonds.